The van der Waals surface area contributed by atoms with Crippen molar-refractivity contribution < 1.29 is 14.7 Å². The number of rotatable bonds is 3. The number of carbonyl (C=O) groups is 2. The average Bonchev–Trinajstić information content (AvgIpc) is 2.72. The van der Waals surface area contributed by atoms with E-state index in [9.17, 15) is 9.59 Å². The van der Waals surface area contributed by atoms with Crippen molar-refractivity contribution >= 4 is 23.2 Å². The van der Waals surface area contributed by atoms with Crippen molar-refractivity contribution in [2.75, 3.05) is 20.2 Å². The highest BCUT2D eigenvalue weighted by Gasteiger charge is 2.15. The number of nitrogens with two attached hydrogens (primary N) is 1. The molecule has 0 radical (unpaired) electrons. The maximum Gasteiger partial charge on any atom is 0.264 e. The van der Waals surface area contributed by atoms with Gasteiger partial charge in [0.15, 0.2) is 0 Å². The summed E-state index contributed by atoms with van der Waals surface area (Å²) < 4.78 is 0. The molecule has 5 nitrogen and oxygen atoms in total. The van der Waals surface area contributed by atoms with Crippen molar-refractivity contribution in [2.45, 2.75) is 0 Å². The third-order valence-corrected chi connectivity index (χ3v) is 2.84. The molecular formula is C11H12N2O3S. The third kappa shape index (κ3) is 3.90. The van der Waals surface area contributed by atoms with Crippen molar-refractivity contribution in [3.63, 3.8) is 0 Å². The predicted octanol–water partition coefficient (Wildman–Crippen LogP) is -0.351. The summed E-state index contributed by atoms with van der Waals surface area (Å²) in [6.07, 6.45) is 0. The van der Waals surface area contributed by atoms with Crippen molar-refractivity contribution in [2.24, 2.45) is 5.73 Å². The van der Waals surface area contributed by atoms with Gasteiger partial charge in [-0.25, -0.2) is 0 Å². The number of carbonyl (C=O) groups excluding carboxylic acids is 2. The van der Waals surface area contributed by atoms with Crippen LogP contribution in [0.25, 0.3) is 0 Å². The van der Waals surface area contributed by atoms with Crippen LogP contribution < -0.4 is 5.73 Å². The summed E-state index contributed by atoms with van der Waals surface area (Å²) in [5.41, 5.74) is 5.00. The van der Waals surface area contributed by atoms with E-state index in [1.165, 1.54) is 23.3 Å². The summed E-state index contributed by atoms with van der Waals surface area (Å²) in [4.78, 5) is 24.9. The quantitative estimate of drug-likeness (QED) is 0.721. The van der Waals surface area contributed by atoms with Gasteiger partial charge in [-0.2, -0.15) is 0 Å². The molecule has 17 heavy (non-hydrogen) atoms. The molecule has 0 bridgehead atoms. The Morgan fingerprint density at radius 3 is 2.82 bits per heavy atom. The van der Waals surface area contributed by atoms with Crippen molar-refractivity contribution in [3.8, 4) is 11.8 Å². The van der Waals surface area contributed by atoms with Crippen molar-refractivity contribution in [3.05, 3.63) is 21.9 Å². The first-order valence-electron chi connectivity index (χ1n) is 4.78. The standard InChI is InChI=1S/C11H12N2O3S/c1-13(7-10(12)15)11(16)9-5-4-8(17-9)3-2-6-14/h4-5,14H,6-7H2,1H3,(H2,12,15). The Morgan fingerprint density at radius 1 is 1.53 bits per heavy atom. The smallest absolute Gasteiger partial charge is 0.264 e. The molecule has 0 aliphatic carbocycles. The van der Waals surface area contributed by atoms with Crippen LogP contribution in [0.5, 0.6) is 0 Å². The van der Waals surface area contributed by atoms with Gasteiger partial charge in [0.2, 0.25) is 5.91 Å². The molecule has 0 spiro atoms. The second-order valence-corrected chi connectivity index (χ2v) is 4.34. The van der Waals surface area contributed by atoms with Gasteiger partial charge in [0, 0.05) is 7.05 Å². The molecule has 0 fully saturated rings. The van der Waals surface area contributed by atoms with Gasteiger partial charge in [-0.05, 0) is 12.1 Å². The van der Waals surface area contributed by atoms with Gasteiger partial charge in [-0.15, -0.1) is 11.3 Å². The van der Waals surface area contributed by atoms with Gasteiger partial charge >= 0.3 is 0 Å². The van der Waals surface area contributed by atoms with Crippen LogP contribution in [0, 0.1) is 11.8 Å². The molecule has 0 unspecified atom stereocenters. The van der Waals surface area contributed by atoms with Crippen molar-refractivity contribution in [1.29, 1.82) is 0 Å². The fraction of sp³-hybridized carbons (Fsp3) is 0.273. The maximum absolute atomic E-state index is 11.8. The molecule has 1 rings (SSSR count). The van der Waals surface area contributed by atoms with Crippen LogP contribution in [0.2, 0.25) is 0 Å². The lowest BCUT2D eigenvalue weighted by Gasteiger charge is -2.13. The Kier molecular flexibility index (Phi) is 4.69. The summed E-state index contributed by atoms with van der Waals surface area (Å²) >= 11 is 1.21. The number of hydrogen-bond donors (Lipinski definition) is 2. The zero-order chi connectivity index (χ0) is 12.8. The van der Waals surface area contributed by atoms with Crippen molar-refractivity contribution in [1.82, 2.24) is 4.90 Å². The molecule has 0 aromatic carbocycles. The van der Waals surface area contributed by atoms with E-state index in [0.717, 1.165) is 0 Å². The van der Waals surface area contributed by atoms with Gasteiger partial charge in [0.25, 0.3) is 5.91 Å². The first kappa shape index (κ1) is 13.2. The van der Waals surface area contributed by atoms with Gasteiger partial charge in [0.1, 0.15) is 6.61 Å². The topological polar surface area (TPSA) is 83.6 Å². The lowest BCUT2D eigenvalue weighted by molar-refractivity contribution is -0.118. The number of aliphatic hydroxyl groups excluding tert-OH is 1. The fourth-order valence-electron chi connectivity index (χ4n) is 1.14. The van der Waals surface area contributed by atoms with E-state index in [2.05, 4.69) is 11.8 Å². The number of aliphatic hydroxyl groups is 1. The summed E-state index contributed by atoms with van der Waals surface area (Å²) in [6.45, 7) is -0.336. The molecule has 2 amide bonds. The minimum absolute atomic E-state index is 0.117. The molecule has 6 heteroatoms. The highest BCUT2D eigenvalue weighted by atomic mass is 32.1. The first-order chi connectivity index (χ1) is 8.04. The van der Waals surface area contributed by atoms with Gasteiger partial charge in [-0.3, -0.25) is 9.59 Å². The number of thiophene rings is 1. The third-order valence-electron chi connectivity index (χ3n) is 1.85. The lowest BCUT2D eigenvalue weighted by Crippen LogP contribution is -2.34. The zero-order valence-electron chi connectivity index (χ0n) is 9.27. The first-order valence-corrected chi connectivity index (χ1v) is 5.59. The van der Waals surface area contributed by atoms with E-state index in [1.807, 2.05) is 0 Å². The van der Waals surface area contributed by atoms with Gasteiger partial charge in [-0.1, -0.05) is 11.8 Å². The molecule has 90 valence electrons. The summed E-state index contributed by atoms with van der Waals surface area (Å²) in [5, 5.41) is 8.54. The van der Waals surface area contributed by atoms with Crippen LogP contribution in [0.3, 0.4) is 0 Å². The molecular weight excluding hydrogens is 240 g/mol. The molecule has 1 aromatic rings. The predicted molar refractivity (Wildman–Crippen MR) is 64.4 cm³/mol. The normalized spacial score (nSPS) is 9.29. The molecule has 0 saturated heterocycles. The van der Waals surface area contributed by atoms with Gasteiger partial charge in [0.05, 0.1) is 16.3 Å². The largest absolute Gasteiger partial charge is 0.384 e. The number of nitrogens with zero attached hydrogens (tertiary/aromatic N) is 1. The fourth-order valence-corrected chi connectivity index (χ4v) is 2.02. The Hall–Kier alpha value is -1.84. The monoisotopic (exact) mass is 252 g/mol. The molecule has 0 aliphatic heterocycles. The number of hydrogen-bond acceptors (Lipinski definition) is 4. The van der Waals surface area contributed by atoms with Crippen LogP contribution in [-0.2, 0) is 4.79 Å². The zero-order valence-corrected chi connectivity index (χ0v) is 10.1. The average molecular weight is 252 g/mol. The maximum atomic E-state index is 11.8. The number of primary amides is 1. The van der Waals surface area contributed by atoms with Crippen LogP contribution in [-0.4, -0.2) is 42.0 Å². The van der Waals surface area contributed by atoms with E-state index in [0.29, 0.717) is 9.75 Å². The summed E-state index contributed by atoms with van der Waals surface area (Å²) in [7, 11) is 1.51. The van der Waals surface area contributed by atoms with E-state index >= 15 is 0 Å². The molecule has 0 saturated carbocycles. The minimum Gasteiger partial charge on any atom is -0.384 e. The Morgan fingerprint density at radius 2 is 2.24 bits per heavy atom. The van der Waals surface area contributed by atoms with Crippen LogP contribution in [0.1, 0.15) is 14.5 Å². The second kappa shape index (κ2) is 6.03. The molecule has 1 heterocycles. The highest BCUT2D eigenvalue weighted by Crippen LogP contribution is 2.16. The molecule has 0 atom stereocenters. The summed E-state index contributed by atoms with van der Waals surface area (Å²) in [6, 6.07) is 3.32. The molecule has 3 N–H and O–H groups in total. The van der Waals surface area contributed by atoms with Gasteiger partial charge < -0.3 is 15.7 Å². The van der Waals surface area contributed by atoms with E-state index in [1.54, 1.807) is 12.1 Å². The molecule has 0 aliphatic rings. The Bertz CT molecular complexity index is 484. The van der Waals surface area contributed by atoms with E-state index in [-0.39, 0.29) is 19.1 Å². The SMILES string of the molecule is CN(CC(N)=O)C(=O)c1ccc(C#CCO)s1. The lowest BCUT2D eigenvalue weighted by atomic mass is 10.4. The van der Waals surface area contributed by atoms with Crippen LogP contribution in [0.4, 0.5) is 0 Å². The Balaban J connectivity index is 2.76. The second-order valence-electron chi connectivity index (χ2n) is 3.25. The number of likely N-dealkylation sites (N-methyl/N-ethyl adjacent to an activating group) is 1. The van der Waals surface area contributed by atoms with E-state index in [4.69, 9.17) is 10.8 Å². The van der Waals surface area contributed by atoms with Crippen LogP contribution >= 0.6 is 11.3 Å². The number of amides is 2. The summed E-state index contributed by atoms with van der Waals surface area (Å²) in [5.74, 6) is 4.37. The van der Waals surface area contributed by atoms with E-state index < -0.39 is 5.91 Å². The Labute approximate surface area is 103 Å². The highest BCUT2D eigenvalue weighted by molar-refractivity contribution is 7.14. The molecule has 1 aromatic heterocycles. The minimum atomic E-state index is -0.558. The van der Waals surface area contributed by atoms with Crippen LogP contribution in [0.15, 0.2) is 12.1 Å².